The van der Waals surface area contributed by atoms with Gasteiger partial charge in [-0.05, 0) is 112 Å². The minimum atomic E-state index is -0.253. The first-order chi connectivity index (χ1) is 18.5. The Bertz CT molecular complexity index is 1450. The fourth-order valence-corrected chi connectivity index (χ4v) is 6.27. The van der Waals surface area contributed by atoms with E-state index < -0.39 is 0 Å². The van der Waals surface area contributed by atoms with Crippen molar-refractivity contribution >= 4 is 23.0 Å². The minimum absolute atomic E-state index is 0.173. The van der Waals surface area contributed by atoms with Crippen LogP contribution in [-0.4, -0.2) is 20.8 Å². The Labute approximate surface area is 228 Å². The third kappa shape index (κ3) is 4.45. The number of nitrogens with one attached hydrogen (secondary N) is 1. The van der Waals surface area contributed by atoms with Crippen LogP contribution < -0.4 is 15.0 Å². The summed E-state index contributed by atoms with van der Waals surface area (Å²) in [4.78, 5) is 6.82. The van der Waals surface area contributed by atoms with E-state index in [0.29, 0.717) is 16.9 Å². The Morgan fingerprint density at radius 2 is 1.71 bits per heavy atom. The molecule has 4 aromatic rings. The van der Waals surface area contributed by atoms with Crippen LogP contribution in [0.3, 0.4) is 0 Å². The van der Waals surface area contributed by atoms with Crippen LogP contribution in [0.5, 0.6) is 5.75 Å². The van der Waals surface area contributed by atoms with Crippen molar-refractivity contribution in [1.29, 1.82) is 0 Å². The number of hydrogen-bond acceptors (Lipinski definition) is 3. The second-order valence-electron chi connectivity index (χ2n) is 10.1. The molecule has 1 N–H and O–H groups in total. The minimum Gasteiger partial charge on any atom is -0.490 e. The normalized spacial score (nSPS) is 19.7. The highest BCUT2D eigenvalue weighted by molar-refractivity contribution is 7.80. The molecule has 7 heteroatoms. The van der Waals surface area contributed by atoms with E-state index in [9.17, 15) is 4.39 Å². The van der Waals surface area contributed by atoms with E-state index in [0.717, 1.165) is 46.9 Å². The van der Waals surface area contributed by atoms with Gasteiger partial charge in [-0.2, -0.15) is 0 Å². The third-order valence-corrected chi connectivity index (χ3v) is 8.01. The quantitative estimate of drug-likeness (QED) is 0.271. The number of nitrogens with zero attached hydrogens (tertiary/aromatic N) is 3. The molecule has 38 heavy (non-hydrogen) atoms. The van der Waals surface area contributed by atoms with Gasteiger partial charge in [0.15, 0.2) is 5.11 Å². The first kappa shape index (κ1) is 24.6. The van der Waals surface area contributed by atoms with Crippen molar-refractivity contribution < 1.29 is 9.13 Å². The van der Waals surface area contributed by atoms with Crippen molar-refractivity contribution in [3.05, 3.63) is 107 Å². The number of halogens is 1. The molecule has 3 heterocycles. The highest BCUT2D eigenvalue weighted by Gasteiger charge is 2.42. The van der Waals surface area contributed by atoms with Crippen LogP contribution in [0.1, 0.15) is 60.4 Å². The van der Waals surface area contributed by atoms with Gasteiger partial charge in [-0.25, -0.2) is 4.39 Å². The molecular weight excluding hydrogens is 495 g/mol. The first-order valence-corrected chi connectivity index (χ1v) is 13.6. The summed E-state index contributed by atoms with van der Waals surface area (Å²) < 4.78 is 23.1. The molecule has 0 bridgehead atoms. The highest BCUT2D eigenvalue weighted by atomic mass is 32.1. The number of para-hydroxylation sites is 1. The average molecular weight is 527 g/mol. The van der Waals surface area contributed by atoms with Gasteiger partial charge in [-0.3, -0.25) is 4.98 Å². The number of aryl methyl sites for hydroxylation is 1. The van der Waals surface area contributed by atoms with Crippen LogP contribution in [0.15, 0.2) is 79.0 Å². The Kier molecular flexibility index (Phi) is 6.62. The maximum atomic E-state index is 14.9. The number of anilines is 1. The Hall–Kier alpha value is -3.71. The number of ether oxygens (including phenoxy) is 1. The number of aromatic nitrogens is 2. The summed E-state index contributed by atoms with van der Waals surface area (Å²) in [5.74, 6) is 0.631. The molecule has 1 aliphatic heterocycles. The molecule has 194 valence electrons. The monoisotopic (exact) mass is 526 g/mol. The van der Waals surface area contributed by atoms with E-state index in [1.54, 1.807) is 12.3 Å². The lowest BCUT2D eigenvalue weighted by Crippen LogP contribution is -2.29. The Balaban J connectivity index is 1.42. The van der Waals surface area contributed by atoms with Crippen LogP contribution in [0.2, 0.25) is 0 Å². The second-order valence-corrected chi connectivity index (χ2v) is 10.5. The molecule has 2 atom stereocenters. The van der Waals surface area contributed by atoms with Gasteiger partial charge < -0.3 is 19.5 Å². The predicted molar refractivity (Wildman–Crippen MR) is 152 cm³/mol. The first-order valence-electron chi connectivity index (χ1n) is 13.2. The van der Waals surface area contributed by atoms with Crippen LogP contribution in [0.25, 0.3) is 5.69 Å². The molecule has 0 spiro atoms. The van der Waals surface area contributed by atoms with Gasteiger partial charge in [0.25, 0.3) is 0 Å². The fraction of sp³-hybridized carbons (Fsp3) is 0.290. The molecule has 2 aromatic carbocycles. The lowest BCUT2D eigenvalue weighted by molar-refractivity contribution is 0.210. The van der Waals surface area contributed by atoms with E-state index in [2.05, 4.69) is 33.4 Å². The summed E-state index contributed by atoms with van der Waals surface area (Å²) in [5, 5.41) is 4.16. The topological polar surface area (TPSA) is 42.3 Å². The molecule has 5 nitrogen and oxygen atoms in total. The summed E-state index contributed by atoms with van der Waals surface area (Å²) in [5.41, 5.74) is 5.41. The molecule has 1 saturated carbocycles. The van der Waals surface area contributed by atoms with Gasteiger partial charge in [-0.1, -0.05) is 18.2 Å². The molecule has 6 rings (SSSR count). The SMILES string of the molecule is Cc1cc(C2C(c3ccccn3)NC(=S)N2c2ccc(OC3CCCC3)cc2)c(C)n1-c1ccccc1F. The van der Waals surface area contributed by atoms with Gasteiger partial charge in [0.1, 0.15) is 11.6 Å². The van der Waals surface area contributed by atoms with Gasteiger partial charge in [0, 0.05) is 23.3 Å². The van der Waals surface area contributed by atoms with Crippen LogP contribution in [-0.2, 0) is 0 Å². The van der Waals surface area contributed by atoms with E-state index >= 15 is 0 Å². The molecule has 1 aliphatic carbocycles. The van der Waals surface area contributed by atoms with E-state index in [4.69, 9.17) is 17.0 Å². The molecule has 2 aromatic heterocycles. The Morgan fingerprint density at radius 1 is 0.974 bits per heavy atom. The maximum absolute atomic E-state index is 14.9. The fourth-order valence-electron chi connectivity index (χ4n) is 5.92. The van der Waals surface area contributed by atoms with Crippen molar-refractivity contribution in [1.82, 2.24) is 14.9 Å². The zero-order valence-corrected chi connectivity index (χ0v) is 22.4. The van der Waals surface area contributed by atoms with Gasteiger partial charge in [0.2, 0.25) is 0 Å². The lowest BCUT2D eigenvalue weighted by Gasteiger charge is -2.28. The summed E-state index contributed by atoms with van der Waals surface area (Å²) in [7, 11) is 0. The van der Waals surface area contributed by atoms with Crippen LogP contribution in [0.4, 0.5) is 10.1 Å². The summed E-state index contributed by atoms with van der Waals surface area (Å²) >= 11 is 5.91. The standard InChI is InChI=1S/C31H31FN4OS/c1-20-19-25(21(2)35(20)28-13-6-5-11-26(28)32)30-29(27-12-7-8-18-33-27)34-31(38)36(30)22-14-16-24(17-15-22)37-23-9-3-4-10-23/h5-8,11-19,23,29-30H,3-4,9-10H2,1-2H3,(H,34,38). The number of pyridine rings is 1. The van der Waals surface area contributed by atoms with E-state index in [-0.39, 0.29) is 17.9 Å². The number of hydrogen-bond donors (Lipinski definition) is 1. The highest BCUT2D eigenvalue weighted by Crippen LogP contribution is 2.44. The van der Waals surface area contributed by atoms with E-state index in [1.807, 2.05) is 60.9 Å². The molecule has 0 radical (unpaired) electrons. The van der Waals surface area contributed by atoms with Crippen molar-refractivity contribution in [2.45, 2.75) is 57.7 Å². The van der Waals surface area contributed by atoms with Gasteiger partial charge in [0.05, 0.1) is 29.6 Å². The summed E-state index contributed by atoms with van der Waals surface area (Å²) in [6, 6.07) is 22.8. The van der Waals surface area contributed by atoms with Gasteiger partial charge >= 0.3 is 0 Å². The Morgan fingerprint density at radius 3 is 2.42 bits per heavy atom. The summed E-state index contributed by atoms with van der Waals surface area (Å²) in [6.45, 7) is 4.06. The smallest absolute Gasteiger partial charge is 0.174 e. The maximum Gasteiger partial charge on any atom is 0.174 e. The van der Waals surface area contributed by atoms with Crippen molar-refractivity contribution in [2.75, 3.05) is 4.90 Å². The van der Waals surface area contributed by atoms with E-state index in [1.165, 1.54) is 18.9 Å². The van der Waals surface area contributed by atoms with Crippen LogP contribution in [0, 0.1) is 19.7 Å². The number of benzene rings is 2. The zero-order valence-electron chi connectivity index (χ0n) is 21.6. The van der Waals surface area contributed by atoms with Gasteiger partial charge in [-0.15, -0.1) is 0 Å². The lowest BCUT2D eigenvalue weighted by atomic mass is 9.96. The van der Waals surface area contributed by atoms with Crippen molar-refractivity contribution in [2.24, 2.45) is 0 Å². The molecular formula is C31H31FN4OS. The molecule has 2 aliphatic rings. The number of rotatable bonds is 6. The molecule has 0 amide bonds. The third-order valence-electron chi connectivity index (χ3n) is 7.70. The van der Waals surface area contributed by atoms with Crippen molar-refractivity contribution in [3.8, 4) is 11.4 Å². The largest absolute Gasteiger partial charge is 0.490 e. The zero-order chi connectivity index (χ0) is 26.2. The number of thiocarbonyl (C=S) groups is 1. The van der Waals surface area contributed by atoms with Crippen molar-refractivity contribution in [3.63, 3.8) is 0 Å². The predicted octanol–water partition coefficient (Wildman–Crippen LogP) is 7.13. The van der Waals surface area contributed by atoms with Crippen LogP contribution >= 0.6 is 12.2 Å². The molecule has 2 fully saturated rings. The summed E-state index contributed by atoms with van der Waals surface area (Å²) in [6.07, 6.45) is 6.81. The molecule has 1 saturated heterocycles. The second kappa shape index (κ2) is 10.2. The average Bonchev–Trinajstić information content (AvgIpc) is 3.63. The molecule has 2 unspecified atom stereocenters.